The third-order valence-corrected chi connectivity index (χ3v) is 6.19. The quantitative estimate of drug-likeness (QED) is 0.447. The average Bonchev–Trinajstić information content (AvgIpc) is 3.12. The molecule has 5 rings (SSSR count). The SMILES string of the molecule is Cc1[nH]c2c(F)ccc(C)c2c1CC[N+]1(c2cccc3cccnc23)C=NC=CC1. The predicted molar refractivity (Wildman–Crippen MR) is 122 cm³/mol. The lowest BCUT2D eigenvalue weighted by molar-refractivity contribution is 0.462. The van der Waals surface area contributed by atoms with Crippen LogP contribution in [0.2, 0.25) is 0 Å². The number of H-pyrrole nitrogens is 1. The molecule has 0 amide bonds. The number of para-hydroxylation sites is 1. The number of aryl methyl sites for hydroxylation is 2. The van der Waals surface area contributed by atoms with Crippen LogP contribution >= 0.6 is 0 Å². The Labute approximate surface area is 175 Å². The van der Waals surface area contributed by atoms with Gasteiger partial charge in [0.05, 0.1) is 12.1 Å². The van der Waals surface area contributed by atoms with Gasteiger partial charge >= 0.3 is 0 Å². The van der Waals surface area contributed by atoms with Crippen molar-refractivity contribution >= 4 is 33.8 Å². The molecule has 4 aromatic rings. The number of nitrogens with one attached hydrogen (secondary N) is 1. The molecule has 2 aromatic heterocycles. The third kappa shape index (κ3) is 2.94. The Hall–Kier alpha value is -3.31. The van der Waals surface area contributed by atoms with Gasteiger partial charge in [0.15, 0.2) is 12.0 Å². The largest absolute Gasteiger partial charge is 0.356 e. The van der Waals surface area contributed by atoms with Crippen LogP contribution in [0.3, 0.4) is 0 Å². The van der Waals surface area contributed by atoms with Crippen molar-refractivity contribution in [1.82, 2.24) is 14.5 Å². The van der Waals surface area contributed by atoms with E-state index in [2.05, 4.69) is 45.3 Å². The molecule has 0 saturated heterocycles. The van der Waals surface area contributed by atoms with Crippen molar-refractivity contribution in [2.24, 2.45) is 4.99 Å². The summed E-state index contributed by atoms with van der Waals surface area (Å²) in [5, 5.41) is 2.13. The van der Waals surface area contributed by atoms with E-state index in [-0.39, 0.29) is 5.82 Å². The highest BCUT2D eigenvalue weighted by Crippen LogP contribution is 2.33. The molecule has 0 spiro atoms. The lowest BCUT2D eigenvalue weighted by Crippen LogP contribution is -2.50. The number of rotatable bonds is 4. The van der Waals surface area contributed by atoms with E-state index in [0.717, 1.165) is 52.7 Å². The molecule has 1 aliphatic rings. The maximum atomic E-state index is 14.4. The molecule has 1 aliphatic heterocycles. The number of halogens is 1. The lowest BCUT2D eigenvalue weighted by atomic mass is 10.0. The van der Waals surface area contributed by atoms with Gasteiger partial charge in [-0.05, 0) is 43.2 Å². The summed E-state index contributed by atoms with van der Waals surface area (Å²) < 4.78 is 15.0. The number of fused-ring (bicyclic) bond motifs is 2. The van der Waals surface area contributed by atoms with Crippen LogP contribution in [0.25, 0.3) is 21.8 Å². The van der Waals surface area contributed by atoms with Gasteiger partial charge in [0.1, 0.15) is 17.9 Å². The van der Waals surface area contributed by atoms with E-state index in [0.29, 0.717) is 10.00 Å². The number of aliphatic imine (C=N–C) groups is 1. The maximum absolute atomic E-state index is 14.4. The number of hydrogen-bond donors (Lipinski definition) is 1. The Kier molecular flexibility index (Phi) is 4.48. The zero-order chi connectivity index (χ0) is 20.7. The number of aromatic amines is 1. The van der Waals surface area contributed by atoms with Crippen LogP contribution in [0, 0.1) is 19.7 Å². The molecule has 30 heavy (non-hydrogen) atoms. The van der Waals surface area contributed by atoms with Gasteiger partial charge in [-0.1, -0.05) is 24.3 Å². The molecule has 0 aliphatic carbocycles. The number of benzene rings is 2. The van der Waals surface area contributed by atoms with E-state index < -0.39 is 0 Å². The van der Waals surface area contributed by atoms with Gasteiger partial charge in [-0.25, -0.2) is 18.8 Å². The lowest BCUT2D eigenvalue weighted by Gasteiger charge is -2.34. The first kappa shape index (κ1) is 18.7. The summed E-state index contributed by atoms with van der Waals surface area (Å²) in [4.78, 5) is 12.4. The Morgan fingerprint density at radius 1 is 1.10 bits per heavy atom. The molecule has 3 heterocycles. The van der Waals surface area contributed by atoms with Crippen molar-refractivity contribution in [2.45, 2.75) is 20.3 Å². The Bertz CT molecular complexity index is 1310. The van der Waals surface area contributed by atoms with E-state index in [1.807, 2.05) is 44.7 Å². The molecule has 1 unspecified atom stereocenters. The third-order valence-electron chi connectivity index (χ3n) is 6.19. The van der Waals surface area contributed by atoms with Crippen LogP contribution in [0.4, 0.5) is 10.1 Å². The maximum Gasteiger partial charge on any atom is 0.195 e. The van der Waals surface area contributed by atoms with Crippen LogP contribution in [-0.2, 0) is 6.42 Å². The first-order valence-electron chi connectivity index (χ1n) is 10.3. The highest BCUT2D eigenvalue weighted by molar-refractivity contribution is 5.94. The fraction of sp³-hybridized carbons (Fsp3) is 0.200. The fourth-order valence-electron chi connectivity index (χ4n) is 4.65. The molecule has 1 atom stereocenters. The zero-order valence-electron chi connectivity index (χ0n) is 17.2. The molecule has 1 N–H and O–H groups in total. The Morgan fingerprint density at radius 2 is 1.97 bits per heavy atom. The van der Waals surface area contributed by atoms with E-state index in [9.17, 15) is 4.39 Å². The van der Waals surface area contributed by atoms with Gasteiger partial charge in [-0.2, -0.15) is 0 Å². The van der Waals surface area contributed by atoms with Crippen molar-refractivity contribution in [1.29, 1.82) is 0 Å². The highest BCUT2D eigenvalue weighted by atomic mass is 19.1. The smallest absolute Gasteiger partial charge is 0.195 e. The number of hydrogen-bond acceptors (Lipinski definition) is 2. The minimum atomic E-state index is -0.199. The van der Waals surface area contributed by atoms with E-state index in [1.165, 1.54) is 11.6 Å². The van der Waals surface area contributed by atoms with Crippen molar-refractivity contribution < 1.29 is 4.39 Å². The summed E-state index contributed by atoms with van der Waals surface area (Å²) in [6.07, 6.45) is 8.62. The van der Waals surface area contributed by atoms with E-state index in [1.54, 1.807) is 0 Å². The Balaban J connectivity index is 1.60. The molecule has 5 heteroatoms. The molecule has 0 saturated carbocycles. The molecule has 2 aromatic carbocycles. The van der Waals surface area contributed by atoms with Crippen molar-refractivity contribution in [2.75, 3.05) is 13.1 Å². The number of pyridine rings is 1. The van der Waals surface area contributed by atoms with Crippen LogP contribution in [0.15, 0.2) is 65.9 Å². The van der Waals surface area contributed by atoms with Crippen LogP contribution < -0.4 is 4.48 Å². The van der Waals surface area contributed by atoms with Crippen molar-refractivity contribution in [3.63, 3.8) is 0 Å². The van der Waals surface area contributed by atoms with E-state index >= 15 is 0 Å². The van der Waals surface area contributed by atoms with Crippen LogP contribution in [0.1, 0.15) is 16.8 Å². The summed E-state index contributed by atoms with van der Waals surface area (Å²) >= 11 is 0. The number of aromatic nitrogens is 2. The van der Waals surface area contributed by atoms with Gasteiger partial charge in [0.25, 0.3) is 0 Å². The first-order valence-corrected chi connectivity index (χ1v) is 10.3. The molecule has 0 radical (unpaired) electrons. The second-order valence-electron chi connectivity index (χ2n) is 8.03. The molecular formula is C25H24FN4+. The molecule has 0 bridgehead atoms. The summed E-state index contributed by atoms with van der Waals surface area (Å²) in [5.41, 5.74) is 6.04. The van der Waals surface area contributed by atoms with Gasteiger partial charge in [0.2, 0.25) is 0 Å². The van der Waals surface area contributed by atoms with E-state index in [4.69, 9.17) is 0 Å². The summed E-state index contributed by atoms with van der Waals surface area (Å²) in [6.45, 7) is 5.70. The topological polar surface area (TPSA) is 41.0 Å². The fourth-order valence-corrected chi connectivity index (χ4v) is 4.65. The summed E-state index contributed by atoms with van der Waals surface area (Å²) in [6, 6.07) is 13.8. The van der Waals surface area contributed by atoms with Gasteiger partial charge in [0, 0.05) is 41.4 Å². The minimum absolute atomic E-state index is 0.199. The zero-order valence-corrected chi connectivity index (χ0v) is 17.2. The average molecular weight is 399 g/mol. The summed E-state index contributed by atoms with van der Waals surface area (Å²) in [7, 11) is 0. The minimum Gasteiger partial charge on any atom is -0.356 e. The second-order valence-corrected chi connectivity index (χ2v) is 8.03. The van der Waals surface area contributed by atoms with Gasteiger partial charge in [-0.15, -0.1) is 0 Å². The normalized spacial score (nSPS) is 18.5. The van der Waals surface area contributed by atoms with Crippen molar-refractivity contribution in [3.8, 4) is 0 Å². The monoisotopic (exact) mass is 399 g/mol. The summed E-state index contributed by atoms with van der Waals surface area (Å²) in [5.74, 6) is -0.199. The van der Waals surface area contributed by atoms with Gasteiger partial charge < -0.3 is 4.98 Å². The number of quaternary nitrogens is 1. The second kappa shape index (κ2) is 7.18. The standard InChI is InChI=1S/C25H24FN4/c1-17-9-10-21(26)25-23(17)20(18(2)29-25)11-15-30(14-5-12-27-16-30)22-8-3-6-19-7-4-13-28-24(19)22/h3-10,12-13,16,29H,11,14-15H2,1-2H3/q+1. The van der Waals surface area contributed by atoms with Gasteiger partial charge in [-0.3, -0.25) is 0 Å². The first-order chi connectivity index (χ1) is 14.6. The highest BCUT2D eigenvalue weighted by Gasteiger charge is 2.32. The Morgan fingerprint density at radius 3 is 2.80 bits per heavy atom. The number of nitrogens with zero attached hydrogens (tertiary/aromatic N) is 3. The molecule has 150 valence electrons. The van der Waals surface area contributed by atoms with Crippen LogP contribution in [-0.4, -0.2) is 29.4 Å². The molecular weight excluding hydrogens is 375 g/mol. The van der Waals surface area contributed by atoms with Crippen LogP contribution in [0.5, 0.6) is 0 Å². The predicted octanol–water partition coefficient (Wildman–Crippen LogP) is 5.58. The molecule has 4 nitrogen and oxygen atoms in total. The van der Waals surface area contributed by atoms with Crippen molar-refractivity contribution in [3.05, 3.63) is 83.6 Å². The molecule has 0 fully saturated rings.